The lowest BCUT2D eigenvalue weighted by atomic mass is 10.1. The minimum absolute atomic E-state index is 0.0158. The summed E-state index contributed by atoms with van der Waals surface area (Å²) in [6, 6.07) is 10.0. The fraction of sp³-hybridized carbons (Fsp3) is 0.278. The molecule has 118 valence electrons. The predicted molar refractivity (Wildman–Crippen MR) is 96.2 cm³/mol. The van der Waals surface area contributed by atoms with Gasteiger partial charge in [0.2, 0.25) is 0 Å². The molecule has 2 aromatic heterocycles. The van der Waals surface area contributed by atoms with Crippen molar-refractivity contribution >= 4 is 40.0 Å². The van der Waals surface area contributed by atoms with Crippen molar-refractivity contribution in [2.24, 2.45) is 0 Å². The van der Waals surface area contributed by atoms with Gasteiger partial charge >= 0.3 is 0 Å². The van der Waals surface area contributed by atoms with Gasteiger partial charge in [0, 0.05) is 34.7 Å². The van der Waals surface area contributed by atoms with E-state index >= 15 is 0 Å². The molecule has 0 N–H and O–H groups in total. The van der Waals surface area contributed by atoms with Crippen molar-refractivity contribution in [3.8, 4) is 0 Å². The molecule has 0 bridgehead atoms. The molecule has 4 rings (SSSR count). The molecular formula is C18H17NO2S2. The van der Waals surface area contributed by atoms with E-state index in [1.54, 1.807) is 23.1 Å². The molecule has 0 saturated carbocycles. The van der Waals surface area contributed by atoms with Crippen LogP contribution >= 0.6 is 23.1 Å². The Morgan fingerprint density at radius 2 is 2.22 bits per heavy atom. The van der Waals surface area contributed by atoms with Gasteiger partial charge in [-0.25, -0.2) is 0 Å². The third kappa shape index (κ3) is 2.58. The van der Waals surface area contributed by atoms with Crippen LogP contribution in [0.1, 0.15) is 26.6 Å². The van der Waals surface area contributed by atoms with E-state index in [9.17, 15) is 4.79 Å². The number of benzene rings is 1. The molecule has 3 heterocycles. The summed E-state index contributed by atoms with van der Waals surface area (Å²) >= 11 is 3.50. The highest BCUT2D eigenvalue weighted by molar-refractivity contribution is 7.97. The second kappa shape index (κ2) is 6.06. The van der Waals surface area contributed by atoms with E-state index in [1.807, 2.05) is 29.2 Å². The summed E-state index contributed by atoms with van der Waals surface area (Å²) in [6.45, 7) is 1.45. The average molecular weight is 343 g/mol. The summed E-state index contributed by atoms with van der Waals surface area (Å²) in [5, 5.41) is 3.16. The molecule has 0 unspecified atom stereocenters. The first-order valence-electron chi connectivity index (χ1n) is 7.62. The summed E-state index contributed by atoms with van der Waals surface area (Å²) in [5.74, 6) is 1.32. The van der Waals surface area contributed by atoms with Crippen molar-refractivity contribution in [3.05, 3.63) is 57.5 Å². The molecule has 1 aromatic carbocycles. The Balaban J connectivity index is 1.71. The number of hydrogen-bond donors (Lipinski definition) is 0. The van der Waals surface area contributed by atoms with Crippen molar-refractivity contribution in [3.63, 3.8) is 0 Å². The lowest BCUT2D eigenvalue weighted by Crippen LogP contribution is -2.35. The number of thiophene rings is 1. The number of nitrogens with zero attached hydrogens (tertiary/aromatic N) is 1. The fourth-order valence-electron chi connectivity index (χ4n) is 3.12. The maximum absolute atomic E-state index is 13.0. The van der Waals surface area contributed by atoms with Crippen LogP contribution in [0.5, 0.6) is 0 Å². The number of carbonyl (C=O) groups excluding carboxylic acids is 1. The van der Waals surface area contributed by atoms with Gasteiger partial charge in [0.25, 0.3) is 5.91 Å². The van der Waals surface area contributed by atoms with Gasteiger partial charge < -0.3 is 9.32 Å². The van der Waals surface area contributed by atoms with Crippen LogP contribution in [0.25, 0.3) is 11.0 Å². The number of amides is 1. The van der Waals surface area contributed by atoms with Crippen LogP contribution in [0.3, 0.4) is 0 Å². The van der Waals surface area contributed by atoms with Gasteiger partial charge in [-0.1, -0.05) is 18.2 Å². The summed E-state index contributed by atoms with van der Waals surface area (Å²) in [4.78, 5) is 16.3. The number of carbonyl (C=O) groups is 1. The van der Waals surface area contributed by atoms with Crippen LogP contribution in [0.15, 0.2) is 40.1 Å². The van der Waals surface area contributed by atoms with Gasteiger partial charge in [-0.3, -0.25) is 4.79 Å². The monoisotopic (exact) mass is 343 g/mol. The molecule has 3 aromatic rings. The third-order valence-electron chi connectivity index (χ3n) is 4.28. The number of thioether (sulfide) groups is 1. The van der Waals surface area contributed by atoms with Crippen molar-refractivity contribution in [1.82, 2.24) is 4.90 Å². The second-order valence-corrected chi connectivity index (χ2v) is 7.55. The summed E-state index contributed by atoms with van der Waals surface area (Å²) < 4.78 is 5.93. The van der Waals surface area contributed by atoms with Crippen molar-refractivity contribution in [1.29, 1.82) is 0 Å². The Kier molecular flexibility index (Phi) is 3.91. The normalized spacial score (nSPS) is 14.2. The smallest absolute Gasteiger partial charge is 0.290 e. The topological polar surface area (TPSA) is 33.5 Å². The molecule has 0 fully saturated rings. The number of hydrogen-bond acceptors (Lipinski definition) is 4. The van der Waals surface area contributed by atoms with Crippen molar-refractivity contribution in [2.75, 3.05) is 12.8 Å². The first kappa shape index (κ1) is 14.8. The maximum atomic E-state index is 13.0. The first-order valence-corrected chi connectivity index (χ1v) is 9.89. The number of rotatable bonds is 3. The van der Waals surface area contributed by atoms with Crippen LogP contribution in [-0.4, -0.2) is 23.6 Å². The number of furan rings is 1. The molecule has 0 spiro atoms. The van der Waals surface area contributed by atoms with E-state index in [1.165, 1.54) is 10.4 Å². The zero-order valence-corrected chi connectivity index (χ0v) is 14.5. The Morgan fingerprint density at radius 3 is 3.09 bits per heavy atom. The van der Waals surface area contributed by atoms with E-state index in [0.29, 0.717) is 12.3 Å². The maximum Gasteiger partial charge on any atom is 0.290 e. The first-order chi connectivity index (χ1) is 11.3. The Morgan fingerprint density at radius 1 is 1.35 bits per heavy atom. The molecule has 1 amide bonds. The fourth-order valence-corrected chi connectivity index (χ4v) is 4.59. The summed E-state index contributed by atoms with van der Waals surface area (Å²) in [7, 11) is 0. The molecule has 5 heteroatoms. The largest absolute Gasteiger partial charge is 0.451 e. The Bertz CT molecular complexity index is 865. The van der Waals surface area contributed by atoms with E-state index in [0.717, 1.165) is 35.3 Å². The molecule has 0 saturated heterocycles. The molecule has 0 aliphatic carbocycles. The molecular weight excluding hydrogens is 326 g/mol. The lowest BCUT2D eigenvalue weighted by molar-refractivity contribution is 0.0705. The summed E-state index contributed by atoms with van der Waals surface area (Å²) in [5.41, 5.74) is 3.10. The second-order valence-electron chi connectivity index (χ2n) is 5.68. The highest BCUT2D eigenvalue weighted by Gasteiger charge is 2.27. The quantitative estimate of drug-likeness (QED) is 0.699. The molecule has 1 aliphatic heterocycles. The van der Waals surface area contributed by atoms with E-state index < -0.39 is 0 Å². The zero-order chi connectivity index (χ0) is 15.8. The van der Waals surface area contributed by atoms with Gasteiger partial charge in [-0.2, -0.15) is 11.8 Å². The van der Waals surface area contributed by atoms with Gasteiger partial charge in [0.1, 0.15) is 5.58 Å². The van der Waals surface area contributed by atoms with E-state index in [-0.39, 0.29) is 5.91 Å². The standard InChI is InChI=1S/C18H17NO2S2/c1-22-11-14-13-4-2-3-5-15(13)21-17(14)18(20)19-8-6-16-12(10-19)7-9-23-16/h2-5,7,9H,6,8,10-11H2,1H3. The van der Waals surface area contributed by atoms with Gasteiger partial charge in [0.15, 0.2) is 5.76 Å². The molecule has 23 heavy (non-hydrogen) atoms. The highest BCUT2D eigenvalue weighted by atomic mass is 32.2. The van der Waals surface area contributed by atoms with E-state index in [4.69, 9.17) is 4.42 Å². The van der Waals surface area contributed by atoms with Crippen LogP contribution in [-0.2, 0) is 18.7 Å². The molecule has 0 radical (unpaired) electrons. The number of fused-ring (bicyclic) bond motifs is 2. The number of para-hydroxylation sites is 1. The van der Waals surface area contributed by atoms with Crippen LogP contribution in [0.2, 0.25) is 0 Å². The van der Waals surface area contributed by atoms with Crippen LogP contribution < -0.4 is 0 Å². The predicted octanol–water partition coefficient (Wildman–Crippen LogP) is 4.56. The third-order valence-corrected chi connectivity index (χ3v) is 5.88. The minimum Gasteiger partial charge on any atom is -0.451 e. The van der Waals surface area contributed by atoms with Crippen LogP contribution in [0.4, 0.5) is 0 Å². The molecule has 0 atom stereocenters. The lowest BCUT2D eigenvalue weighted by Gasteiger charge is -2.26. The SMILES string of the molecule is CSCc1c(C(=O)N2CCc3sccc3C2)oc2ccccc12. The molecule has 1 aliphatic rings. The van der Waals surface area contributed by atoms with Crippen molar-refractivity contribution in [2.45, 2.75) is 18.7 Å². The Hall–Kier alpha value is -1.72. The van der Waals surface area contributed by atoms with E-state index in [2.05, 4.69) is 17.7 Å². The minimum atomic E-state index is 0.0158. The van der Waals surface area contributed by atoms with Gasteiger partial charge in [0.05, 0.1) is 0 Å². The molecule has 3 nitrogen and oxygen atoms in total. The average Bonchev–Trinajstić information content (AvgIpc) is 3.19. The van der Waals surface area contributed by atoms with Crippen LogP contribution in [0, 0.1) is 0 Å². The zero-order valence-electron chi connectivity index (χ0n) is 12.9. The summed E-state index contributed by atoms with van der Waals surface area (Å²) in [6.07, 6.45) is 2.99. The van der Waals surface area contributed by atoms with Gasteiger partial charge in [-0.15, -0.1) is 11.3 Å². The van der Waals surface area contributed by atoms with Gasteiger partial charge in [-0.05, 0) is 35.8 Å². The van der Waals surface area contributed by atoms with Crippen molar-refractivity contribution < 1.29 is 9.21 Å². The Labute approximate surface area is 143 Å². The highest BCUT2D eigenvalue weighted by Crippen LogP contribution is 2.31.